The Morgan fingerprint density at radius 1 is 2.00 bits per heavy atom. The first-order valence-electron chi connectivity index (χ1n) is 2.01. The van der Waals surface area contributed by atoms with Gasteiger partial charge in [-0.1, -0.05) is 0 Å². The fourth-order valence-corrected chi connectivity index (χ4v) is 2.67. The van der Waals surface area contributed by atoms with Crippen molar-refractivity contribution in [2.45, 2.75) is 13.0 Å². The molecular formula is C3H6O2S2. The molecule has 1 fully saturated rings. The SMILES string of the molecule is C[C@H]1CS[S@@](=O)O1. The molecule has 0 saturated carbocycles. The molecule has 7 heavy (non-hydrogen) atoms. The molecule has 1 aliphatic heterocycles. The van der Waals surface area contributed by atoms with Gasteiger partial charge in [0.1, 0.15) is 0 Å². The van der Waals surface area contributed by atoms with Gasteiger partial charge in [-0.3, -0.25) is 4.18 Å². The molecule has 0 unspecified atom stereocenters. The van der Waals surface area contributed by atoms with Gasteiger partial charge in [0.2, 0.25) is 10.1 Å². The van der Waals surface area contributed by atoms with Crippen LogP contribution in [0, 0.1) is 0 Å². The maximum Gasteiger partial charge on any atom is 0.219 e. The van der Waals surface area contributed by atoms with Gasteiger partial charge in [-0.05, 0) is 17.7 Å². The maximum absolute atomic E-state index is 10.3. The Morgan fingerprint density at radius 3 is 2.86 bits per heavy atom. The number of hydrogen-bond acceptors (Lipinski definition) is 3. The number of rotatable bonds is 0. The summed E-state index contributed by atoms with van der Waals surface area (Å²) >= 11 is 0. The smallest absolute Gasteiger partial charge is 0.219 e. The van der Waals surface area contributed by atoms with Crippen molar-refractivity contribution < 1.29 is 8.39 Å². The molecule has 0 spiro atoms. The topological polar surface area (TPSA) is 26.3 Å². The molecule has 0 amide bonds. The van der Waals surface area contributed by atoms with Crippen LogP contribution in [0.4, 0.5) is 0 Å². The van der Waals surface area contributed by atoms with Gasteiger partial charge in [0.05, 0.1) is 6.10 Å². The van der Waals surface area contributed by atoms with E-state index in [1.807, 2.05) is 6.92 Å². The fourth-order valence-electron chi connectivity index (χ4n) is 0.341. The highest BCUT2D eigenvalue weighted by molar-refractivity contribution is 8.67. The summed E-state index contributed by atoms with van der Waals surface area (Å²) in [4.78, 5) is 0. The van der Waals surface area contributed by atoms with Crippen LogP contribution < -0.4 is 0 Å². The third-order valence-electron chi connectivity index (χ3n) is 0.642. The van der Waals surface area contributed by atoms with Crippen LogP contribution in [-0.4, -0.2) is 16.1 Å². The summed E-state index contributed by atoms with van der Waals surface area (Å²) in [5.41, 5.74) is 0. The van der Waals surface area contributed by atoms with Crippen molar-refractivity contribution in [1.82, 2.24) is 0 Å². The minimum atomic E-state index is -1.04. The Bertz CT molecular complexity index is 92.9. The lowest BCUT2D eigenvalue weighted by Gasteiger charge is -1.90. The predicted molar refractivity (Wildman–Crippen MR) is 31.1 cm³/mol. The first kappa shape index (κ1) is 5.59. The average molecular weight is 138 g/mol. The Hall–Kier alpha value is 0.460. The molecule has 0 N–H and O–H groups in total. The minimum absolute atomic E-state index is 0.186. The summed E-state index contributed by atoms with van der Waals surface area (Å²) < 4.78 is 15.1. The average Bonchev–Trinajstić information content (AvgIpc) is 1.87. The van der Waals surface area contributed by atoms with Crippen LogP contribution >= 0.6 is 10.8 Å². The lowest BCUT2D eigenvalue weighted by Crippen LogP contribution is -1.99. The van der Waals surface area contributed by atoms with E-state index in [2.05, 4.69) is 0 Å². The van der Waals surface area contributed by atoms with Crippen LogP contribution in [0.3, 0.4) is 0 Å². The second kappa shape index (κ2) is 2.15. The summed E-state index contributed by atoms with van der Waals surface area (Å²) in [7, 11) is 0.319. The fraction of sp³-hybridized carbons (Fsp3) is 1.00. The van der Waals surface area contributed by atoms with Crippen LogP contribution in [0.15, 0.2) is 0 Å². The second-order valence-electron chi connectivity index (χ2n) is 1.40. The zero-order chi connectivity index (χ0) is 5.28. The van der Waals surface area contributed by atoms with E-state index in [4.69, 9.17) is 4.18 Å². The van der Waals surface area contributed by atoms with E-state index in [0.717, 1.165) is 5.75 Å². The molecule has 0 aromatic heterocycles. The Labute approximate surface area is 48.7 Å². The Morgan fingerprint density at radius 2 is 2.71 bits per heavy atom. The molecule has 0 aromatic carbocycles. The molecule has 1 rings (SSSR count). The summed E-state index contributed by atoms with van der Waals surface area (Å²) in [6, 6.07) is 0. The van der Waals surface area contributed by atoms with Crippen molar-refractivity contribution in [3.63, 3.8) is 0 Å². The third kappa shape index (κ3) is 1.44. The zero-order valence-electron chi connectivity index (χ0n) is 3.92. The highest BCUT2D eigenvalue weighted by Gasteiger charge is 2.17. The normalized spacial score (nSPS) is 41.9. The summed E-state index contributed by atoms with van der Waals surface area (Å²) in [5.74, 6) is 0.868. The van der Waals surface area contributed by atoms with E-state index in [-0.39, 0.29) is 6.10 Å². The largest absolute Gasteiger partial charge is 0.278 e. The number of hydrogen-bond donors (Lipinski definition) is 0. The van der Waals surface area contributed by atoms with Crippen LogP contribution in [0.5, 0.6) is 0 Å². The zero-order valence-corrected chi connectivity index (χ0v) is 5.55. The molecule has 0 radical (unpaired) electrons. The molecule has 1 aliphatic rings. The standard InChI is InChI=1S/C3H6O2S2/c1-3-2-6-7(4)5-3/h3H,2H2,1H3/t3-,7-/m0/s1. The molecule has 0 aliphatic carbocycles. The summed E-state index contributed by atoms with van der Waals surface area (Å²) in [6.07, 6.45) is 0.186. The minimum Gasteiger partial charge on any atom is -0.278 e. The van der Waals surface area contributed by atoms with Crippen LogP contribution in [0.1, 0.15) is 6.92 Å². The van der Waals surface area contributed by atoms with Gasteiger partial charge < -0.3 is 0 Å². The van der Waals surface area contributed by atoms with E-state index in [1.165, 1.54) is 10.8 Å². The van der Waals surface area contributed by atoms with E-state index < -0.39 is 10.1 Å². The van der Waals surface area contributed by atoms with Gasteiger partial charge >= 0.3 is 0 Å². The first-order chi connectivity index (χ1) is 3.29. The second-order valence-corrected chi connectivity index (χ2v) is 4.09. The van der Waals surface area contributed by atoms with Crippen molar-refractivity contribution in [2.24, 2.45) is 0 Å². The van der Waals surface area contributed by atoms with Gasteiger partial charge in [0, 0.05) is 5.75 Å². The predicted octanol–water partition coefficient (Wildman–Crippen LogP) is 0.717. The molecule has 2 atom stereocenters. The van der Waals surface area contributed by atoms with Crippen molar-refractivity contribution in [1.29, 1.82) is 0 Å². The van der Waals surface area contributed by atoms with Crippen molar-refractivity contribution in [2.75, 3.05) is 5.75 Å². The van der Waals surface area contributed by atoms with E-state index in [0.29, 0.717) is 0 Å². The van der Waals surface area contributed by atoms with Gasteiger partial charge in [0.25, 0.3) is 0 Å². The molecule has 0 aromatic rings. The van der Waals surface area contributed by atoms with Gasteiger partial charge in [-0.25, -0.2) is 4.21 Å². The Kier molecular flexibility index (Phi) is 1.72. The van der Waals surface area contributed by atoms with E-state index in [9.17, 15) is 4.21 Å². The lowest BCUT2D eigenvalue weighted by atomic mass is 10.5. The quantitative estimate of drug-likeness (QED) is 0.461. The maximum atomic E-state index is 10.3. The molecular weight excluding hydrogens is 132 g/mol. The first-order valence-corrected chi connectivity index (χ1v) is 4.59. The molecule has 4 heteroatoms. The summed E-state index contributed by atoms with van der Waals surface area (Å²) in [5, 5.41) is 0. The summed E-state index contributed by atoms with van der Waals surface area (Å²) in [6.45, 7) is 1.91. The highest BCUT2D eigenvalue weighted by atomic mass is 33.1. The van der Waals surface area contributed by atoms with Gasteiger partial charge in [0.15, 0.2) is 0 Å². The lowest BCUT2D eigenvalue weighted by molar-refractivity contribution is 0.289. The third-order valence-corrected chi connectivity index (χ3v) is 3.15. The van der Waals surface area contributed by atoms with Crippen LogP contribution in [-0.2, 0) is 14.3 Å². The molecule has 42 valence electrons. The molecule has 1 heterocycles. The van der Waals surface area contributed by atoms with Gasteiger partial charge in [-0.15, -0.1) is 0 Å². The van der Waals surface area contributed by atoms with Crippen LogP contribution in [0.2, 0.25) is 0 Å². The molecule has 0 bridgehead atoms. The van der Waals surface area contributed by atoms with Crippen LogP contribution in [0.25, 0.3) is 0 Å². The monoisotopic (exact) mass is 138 g/mol. The van der Waals surface area contributed by atoms with E-state index in [1.54, 1.807) is 0 Å². The highest BCUT2D eigenvalue weighted by Crippen LogP contribution is 2.21. The molecule has 2 nitrogen and oxygen atoms in total. The molecule has 1 saturated heterocycles. The van der Waals surface area contributed by atoms with Crippen molar-refractivity contribution in [3.05, 3.63) is 0 Å². The van der Waals surface area contributed by atoms with E-state index >= 15 is 0 Å². The van der Waals surface area contributed by atoms with Gasteiger partial charge in [-0.2, -0.15) is 0 Å². The van der Waals surface area contributed by atoms with Crippen molar-refractivity contribution >= 4 is 20.9 Å². The Balaban J connectivity index is 2.40. The van der Waals surface area contributed by atoms with Crippen molar-refractivity contribution in [3.8, 4) is 0 Å².